The van der Waals surface area contributed by atoms with E-state index in [0.717, 1.165) is 11.1 Å². The van der Waals surface area contributed by atoms with Crippen molar-refractivity contribution in [2.45, 2.75) is 13.0 Å². The van der Waals surface area contributed by atoms with Gasteiger partial charge in [-0.3, -0.25) is 0 Å². The number of aliphatic hydroxyl groups excluding tert-OH is 1. The van der Waals surface area contributed by atoms with Crippen molar-refractivity contribution in [3.05, 3.63) is 42.0 Å². The molecule has 1 aromatic carbocycles. The van der Waals surface area contributed by atoms with E-state index in [1.165, 1.54) is 0 Å². The summed E-state index contributed by atoms with van der Waals surface area (Å²) in [5.41, 5.74) is 1.94. The fourth-order valence-corrected chi connectivity index (χ4v) is 1.08. The molecule has 0 radical (unpaired) electrons. The zero-order chi connectivity index (χ0) is 8.27. The van der Waals surface area contributed by atoms with Crippen LogP contribution in [-0.4, -0.2) is 5.11 Å². The van der Waals surface area contributed by atoms with Crippen LogP contribution in [-0.2, 0) is 0 Å². The molecular weight excluding hydrogens is 136 g/mol. The summed E-state index contributed by atoms with van der Waals surface area (Å²) in [4.78, 5) is 0. The average Bonchev–Trinajstić information content (AvgIpc) is 2.04. The molecule has 1 aromatic rings. The van der Waals surface area contributed by atoms with E-state index in [9.17, 15) is 5.11 Å². The van der Waals surface area contributed by atoms with Crippen LogP contribution in [0.1, 0.15) is 24.2 Å². The molecular formula is C10H12O. The highest BCUT2D eigenvalue weighted by Gasteiger charge is 2.02. The van der Waals surface area contributed by atoms with Gasteiger partial charge in [0.1, 0.15) is 0 Å². The summed E-state index contributed by atoms with van der Waals surface area (Å²) < 4.78 is 0. The van der Waals surface area contributed by atoms with Gasteiger partial charge in [-0.2, -0.15) is 0 Å². The highest BCUT2D eigenvalue weighted by molar-refractivity contribution is 5.52. The fourth-order valence-electron chi connectivity index (χ4n) is 1.08. The third-order valence-electron chi connectivity index (χ3n) is 1.67. The van der Waals surface area contributed by atoms with Gasteiger partial charge >= 0.3 is 0 Å². The number of hydrogen-bond acceptors (Lipinski definition) is 1. The summed E-state index contributed by atoms with van der Waals surface area (Å²) in [5, 5.41) is 9.29. The molecule has 0 aromatic heterocycles. The van der Waals surface area contributed by atoms with Crippen LogP contribution in [0.25, 0.3) is 6.08 Å². The third kappa shape index (κ3) is 1.69. The largest absolute Gasteiger partial charge is 0.389 e. The van der Waals surface area contributed by atoms with E-state index >= 15 is 0 Å². The number of rotatable bonds is 2. The highest BCUT2D eigenvalue weighted by atomic mass is 16.3. The number of benzene rings is 1. The van der Waals surface area contributed by atoms with Gasteiger partial charge in [0, 0.05) is 0 Å². The predicted molar refractivity (Wildman–Crippen MR) is 47.2 cm³/mol. The Balaban J connectivity index is 3.12. The van der Waals surface area contributed by atoms with Gasteiger partial charge in [0.2, 0.25) is 0 Å². The highest BCUT2D eigenvalue weighted by Crippen LogP contribution is 2.17. The summed E-state index contributed by atoms with van der Waals surface area (Å²) >= 11 is 0. The first kappa shape index (κ1) is 8.02. The second-order valence-corrected chi connectivity index (χ2v) is 2.51. The molecule has 0 spiro atoms. The maximum absolute atomic E-state index is 9.29. The van der Waals surface area contributed by atoms with Crippen molar-refractivity contribution in [1.82, 2.24) is 0 Å². The van der Waals surface area contributed by atoms with E-state index in [-0.39, 0.29) is 0 Å². The Kier molecular flexibility index (Phi) is 2.44. The van der Waals surface area contributed by atoms with E-state index in [4.69, 9.17) is 0 Å². The maximum atomic E-state index is 9.29. The topological polar surface area (TPSA) is 20.2 Å². The molecule has 0 heterocycles. The Labute approximate surface area is 67.0 Å². The quantitative estimate of drug-likeness (QED) is 0.682. The lowest BCUT2D eigenvalue weighted by Gasteiger charge is -2.07. The average molecular weight is 148 g/mol. The third-order valence-corrected chi connectivity index (χ3v) is 1.67. The van der Waals surface area contributed by atoms with Gasteiger partial charge in [-0.05, 0) is 18.1 Å². The lowest BCUT2D eigenvalue weighted by atomic mass is 10.0. The van der Waals surface area contributed by atoms with E-state index in [0.29, 0.717) is 0 Å². The second kappa shape index (κ2) is 3.35. The minimum absolute atomic E-state index is 0.413. The second-order valence-electron chi connectivity index (χ2n) is 2.51. The Bertz CT molecular complexity index is 251. The minimum Gasteiger partial charge on any atom is -0.389 e. The van der Waals surface area contributed by atoms with Gasteiger partial charge in [0.15, 0.2) is 0 Å². The molecule has 1 nitrogen and oxygen atoms in total. The Morgan fingerprint density at radius 1 is 1.45 bits per heavy atom. The van der Waals surface area contributed by atoms with Crippen LogP contribution in [0.15, 0.2) is 30.8 Å². The van der Waals surface area contributed by atoms with Crippen molar-refractivity contribution < 1.29 is 5.11 Å². The summed E-state index contributed by atoms with van der Waals surface area (Å²) in [6.07, 6.45) is 1.34. The van der Waals surface area contributed by atoms with Crippen molar-refractivity contribution >= 4 is 6.08 Å². The molecule has 1 heteroatoms. The number of aliphatic hydroxyl groups is 1. The van der Waals surface area contributed by atoms with Crippen molar-refractivity contribution in [3.63, 3.8) is 0 Å². The normalized spacial score (nSPS) is 12.5. The van der Waals surface area contributed by atoms with Crippen LogP contribution in [0.2, 0.25) is 0 Å². The molecule has 0 saturated carbocycles. The van der Waals surface area contributed by atoms with Crippen LogP contribution < -0.4 is 0 Å². The minimum atomic E-state index is -0.413. The molecule has 0 amide bonds. The van der Waals surface area contributed by atoms with Gasteiger partial charge in [-0.25, -0.2) is 0 Å². The first-order valence-electron chi connectivity index (χ1n) is 3.65. The van der Waals surface area contributed by atoms with Crippen molar-refractivity contribution in [3.8, 4) is 0 Å². The molecule has 0 fully saturated rings. The van der Waals surface area contributed by atoms with Crippen LogP contribution in [0.5, 0.6) is 0 Å². The predicted octanol–water partition coefficient (Wildman–Crippen LogP) is 2.38. The smallest absolute Gasteiger partial charge is 0.0767 e. The molecule has 0 aliphatic rings. The van der Waals surface area contributed by atoms with Crippen molar-refractivity contribution in [2.75, 3.05) is 0 Å². The first-order chi connectivity index (χ1) is 5.25. The Morgan fingerprint density at radius 2 is 2.09 bits per heavy atom. The molecule has 1 N–H and O–H groups in total. The zero-order valence-corrected chi connectivity index (χ0v) is 6.62. The van der Waals surface area contributed by atoms with Crippen LogP contribution >= 0.6 is 0 Å². The summed E-state index contributed by atoms with van der Waals surface area (Å²) in [7, 11) is 0. The standard InChI is InChI=1S/C10H12O/c1-3-9-6-4-5-7-10(9)8(2)11/h3-8,11H,1H2,2H3. The van der Waals surface area contributed by atoms with Gasteiger partial charge in [-0.1, -0.05) is 36.9 Å². The Morgan fingerprint density at radius 3 is 2.55 bits per heavy atom. The van der Waals surface area contributed by atoms with Crippen LogP contribution in [0.3, 0.4) is 0 Å². The maximum Gasteiger partial charge on any atom is 0.0767 e. The summed E-state index contributed by atoms with van der Waals surface area (Å²) in [5.74, 6) is 0. The molecule has 11 heavy (non-hydrogen) atoms. The van der Waals surface area contributed by atoms with E-state index in [2.05, 4.69) is 6.58 Å². The Hall–Kier alpha value is -1.08. The molecule has 0 aliphatic carbocycles. The molecule has 1 atom stereocenters. The molecule has 0 aliphatic heterocycles. The molecule has 0 bridgehead atoms. The van der Waals surface area contributed by atoms with Gasteiger partial charge in [0.05, 0.1) is 6.10 Å². The first-order valence-corrected chi connectivity index (χ1v) is 3.65. The molecule has 58 valence electrons. The van der Waals surface area contributed by atoms with Crippen LogP contribution in [0.4, 0.5) is 0 Å². The zero-order valence-electron chi connectivity index (χ0n) is 6.62. The van der Waals surface area contributed by atoms with E-state index in [1.54, 1.807) is 13.0 Å². The summed E-state index contributed by atoms with van der Waals surface area (Å²) in [6, 6.07) is 7.69. The molecule has 1 unspecified atom stereocenters. The van der Waals surface area contributed by atoms with Gasteiger partial charge < -0.3 is 5.11 Å². The monoisotopic (exact) mass is 148 g/mol. The lowest BCUT2D eigenvalue weighted by molar-refractivity contribution is 0.199. The van der Waals surface area contributed by atoms with Gasteiger partial charge in [-0.15, -0.1) is 0 Å². The molecule has 0 saturated heterocycles. The van der Waals surface area contributed by atoms with Crippen molar-refractivity contribution in [2.24, 2.45) is 0 Å². The van der Waals surface area contributed by atoms with Crippen molar-refractivity contribution in [1.29, 1.82) is 0 Å². The van der Waals surface area contributed by atoms with E-state index in [1.807, 2.05) is 24.3 Å². The fraction of sp³-hybridized carbons (Fsp3) is 0.200. The molecule has 1 rings (SSSR count). The SMILES string of the molecule is C=Cc1ccccc1C(C)O. The van der Waals surface area contributed by atoms with Crippen LogP contribution in [0, 0.1) is 0 Å². The van der Waals surface area contributed by atoms with E-state index < -0.39 is 6.10 Å². The number of hydrogen-bond donors (Lipinski definition) is 1. The summed E-state index contributed by atoms with van der Waals surface area (Å²) in [6.45, 7) is 5.42. The lowest BCUT2D eigenvalue weighted by Crippen LogP contribution is -1.93. The van der Waals surface area contributed by atoms with Gasteiger partial charge in [0.25, 0.3) is 0 Å².